The zero-order chi connectivity index (χ0) is 16.4. The fraction of sp³-hybridized carbons (Fsp3) is 0.238. The van der Waals surface area contributed by atoms with Crippen molar-refractivity contribution in [1.82, 2.24) is 0 Å². The lowest BCUT2D eigenvalue weighted by atomic mass is 10.0. The van der Waals surface area contributed by atoms with E-state index < -0.39 is 0 Å². The third-order valence-electron chi connectivity index (χ3n) is 5.01. The third-order valence-corrected chi connectivity index (χ3v) is 5.01. The van der Waals surface area contributed by atoms with Crippen LogP contribution in [0.1, 0.15) is 5.56 Å². The van der Waals surface area contributed by atoms with Crippen LogP contribution in [0, 0.1) is 0 Å². The van der Waals surface area contributed by atoms with Crippen LogP contribution in [0.25, 0.3) is 10.8 Å². The average molecular weight is 319 g/mol. The number of para-hydroxylation sites is 2. The van der Waals surface area contributed by atoms with E-state index in [9.17, 15) is 5.11 Å². The summed E-state index contributed by atoms with van der Waals surface area (Å²) >= 11 is 0. The summed E-state index contributed by atoms with van der Waals surface area (Å²) < 4.78 is 0. The van der Waals surface area contributed by atoms with E-state index in [-0.39, 0.29) is 0 Å². The maximum absolute atomic E-state index is 10.0. The van der Waals surface area contributed by atoms with Crippen LogP contribution in [0.15, 0.2) is 66.7 Å². The molecule has 122 valence electrons. The monoisotopic (exact) mass is 319 g/mol. The van der Waals surface area contributed by atoms with E-state index >= 15 is 0 Å². The summed E-state index contributed by atoms with van der Waals surface area (Å²) in [5, 5.41) is 12.7. The number of anilines is 1. The zero-order valence-corrected chi connectivity index (χ0v) is 13.8. The van der Waals surface area contributed by atoms with Crippen LogP contribution < -0.4 is 9.80 Å². The minimum absolute atomic E-state index is 0.384. The predicted molar refractivity (Wildman–Crippen MR) is 98.7 cm³/mol. The second-order valence-electron chi connectivity index (χ2n) is 6.54. The van der Waals surface area contributed by atoms with Crippen LogP contribution in [0.5, 0.6) is 5.75 Å². The Bertz CT molecular complexity index is 833. The second-order valence-corrected chi connectivity index (χ2v) is 6.54. The van der Waals surface area contributed by atoms with Crippen molar-refractivity contribution in [1.29, 1.82) is 0 Å². The molecule has 0 radical (unpaired) electrons. The van der Waals surface area contributed by atoms with Crippen LogP contribution in [0.2, 0.25) is 0 Å². The van der Waals surface area contributed by atoms with E-state index in [1.807, 2.05) is 18.2 Å². The first kappa shape index (κ1) is 15.0. The Labute approximate surface area is 142 Å². The quantitative estimate of drug-likeness (QED) is 0.776. The smallest absolute Gasteiger partial charge is 0.138 e. The number of hydrogen-bond acceptors (Lipinski definition) is 2. The lowest BCUT2D eigenvalue weighted by Crippen LogP contribution is -3.13. The van der Waals surface area contributed by atoms with E-state index in [0.29, 0.717) is 5.75 Å². The summed E-state index contributed by atoms with van der Waals surface area (Å²) in [4.78, 5) is 3.90. The molecule has 0 aliphatic carbocycles. The van der Waals surface area contributed by atoms with Gasteiger partial charge in [-0.3, -0.25) is 0 Å². The molecule has 1 fully saturated rings. The number of hydrogen-bond donors (Lipinski definition) is 2. The largest absolute Gasteiger partial charge is 0.506 e. The highest BCUT2D eigenvalue weighted by molar-refractivity contribution is 5.85. The summed E-state index contributed by atoms with van der Waals surface area (Å²) in [6.07, 6.45) is 0. The van der Waals surface area contributed by atoms with E-state index in [2.05, 4.69) is 47.4 Å². The molecular weight excluding hydrogens is 296 g/mol. The molecule has 3 nitrogen and oxygen atoms in total. The lowest BCUT2D eigenvalue weighted by Gasteiger charge is -2.34. The Balaban J connectivity index is 1.46. The first-order valence-electron chi connectivity index (χ1n) is 8.64. The number of nitrogens with zero attached hydrogens (tertiary/aromatic N) is 1. The highest BCUT2D eigenvalue weighted by Gasteiger charge is 2.22. The Kier molecular flexibility index (Phi) is 4.09. The number of piperazine rings is 1. The lowest BCUT2D eigenvalue weighted by molar-refractivity contribution is -0.914. The van der Waals surface area contributed by atoms with Gasteiger partial charge in [-0.2, -0.15) is 0 Å². The highest BCUT2D eigenvalue weighted by atomic mass is 16.3. The molecule has 0 atom stereocenters. The van der Waals surface area contributed by atoms with Gasteiger partial charge in [0, 0.05) is 5.56 Å². The van der Waals surface area contributed by atoms with Crippen molar-refractivity contribution in [2.45, 2.75) is 6.54 Å². The van der Waals surface area contributed by atoms with Crippen LogP contribution in [-0.4, -0.2) is 31.3 Å². The van der Waals surface area contributed by atoms with Crippen LogP contribution >= 0.6 is 0 Å². The Morgan fingerprint density at radius 1 is 0.833 bits per heavy atom. The van der Waals surface area contributed by atoms with Crippen molar-refractivity contribution in [3.8, 4) is 5.75 Å². The van der Waals surface area contributed by atoms with Crippen molar-refractivity contribution in [3.63, 3.8) is 0 Å². The first-order valence-corrected chi connectivity index (χ1v) is 8.64. The van der Waals surface area contributed by atoms with Crippen LogP contribution in [0.4, 0.5) is 5.69 Å². The molecule has 1 saturated heterocycles. The maximum Gasteiger partial charge on any atom is 0.138 e. The molecule has 4 rings (SSSR count). The topological polar surface area (TPSA) is 27.9 Å². The molecule has 3 heteroatoms. The van der Waals surface area contributed by atoms with Gasteiger partial charge in [-0.15, -0.1) is 0 Å². The van der Waals surface area contributed by atoms with Crippen molar-refractivity contribution in [3.05, 3.63) is 72.3 Å². The molecule has 1 aliphatic rings. The number of phenolic OH excluding ortho intramolecular Hbond substituents is 1. The van der Waals surface area contributed by atoms with Gasteiger partial charge in [0.2, 0.25) is 0 Å². The van der Waals surface area contributed by atoms with Gasteiger partial charge >= 0.3 is 0 Å². The number of fused-ring (bicyclic) bond motifs is 1. The van der Waals surface area contributed by atoms with Gasteiger partial charge in [0.15, 0.2) is 0 Å². The summed E-state index contributed by atoms with van der Waals surface area (Å²) in [5.41, 5.74) is 2.39. The van der Waals surface area contributed by atoms with Gasteiger partial charge < -0.3 is 14.9 Å². The number of benzene rings is 3. The molecule has 1 heterocycles. The fourth-order valence-corrected chi connectivity index (χ4v) is 3.69. The maximum atomic E-state index is 10.0. The molecular formula is C21H23N2O+. The van der Waals surface area contributed by atoms with E-state index in [1.54, 1.807) is 11.0 Å². The van der Waals surface area contributed by atoms with Gasteiger partial charge in [-0.05, 0) is 22.9 Å². The molecule has 2 N–H and O–H groups in total. The average Bonchev–Trinajstić information content (AvgIpc) is 2.63. The standard InChI is InChI=1S/C21H22N2O/c24-21-11-4-3-10-20(21)23-14-12-22(13-15-23)16-18-8-5-7-17-6-1-2-9-19(17)18/h1-11,24H,12-16H2/p+1. The molecule has 0 amide bonds. The first-order chi connectivity index (χ1) is 11.8. The van der Waals surface area contributed by atoms with Crippen molar-refractivity contribution in [2.75, 3.05) is 31.1 Å². The summed E-state index contributed by atoms with van der Waals surface area (Å²) in [6, 6.07) is 22.9. The third kappa shape index (κ3) is 2.95. The van der Waals surface area contributed by atoms with Gasteiger partial charge in [0.1, 0.15) is 12.3 Å². The molecule has 0 saturated carbocycles. The molecule has 0 unspecified atom stereocenters. The van der Waals surface area contributed by atoms with Gasteiger partial charge in [-0.1, -0.05) is 54.6 Å². The number of nitrogens with one attached hydrogen (secondary N) is 1. The van der Waals surface area contributed by atoms with Crippen LogP contribution in [-0.2, 0) is 6.54 Å². The van der Waals surface area contributed by atoms with Crippen molar-refractivity contribution < 1.29 is 10.0 Å². The second kappa shape index (κ2) is 6.54. The normalized spacial score (nSPS) is 15.8. The minimum Gasteiger partial charge on any atom is -0.506 e. The van der Waals surface area contributed by atoms with E-state index in [4.69, 9.17) is 0 Å². The number of phenols is 1. The molecule has 3 aromatic carbocycles. The molecule has 0 spiro atoms. The Morgan fingerprint density at radius 2 is 1.54 bits per heavy atom. The summed E-state index contributed by atoms with van der Waals surface area (Å²) in [6.45, 7) is 5.22. The summed E-state index contributed by atoms with van der Waals surface area (Å²) in [5.74, 6) is 0.384. The minimum atomic E-state index is 0.384. The van der Waals surface area contributed by atoms with Crippen molar-refractivity contribution >= 4 is 16.5 Å². The van der Waals surface area contributed by atoms with E-state index in [1.165, 1.54) is 16.3 Å². The molecule has 0 bridgehead atoms. The molecule has 24 heavy (non-hydrogen) atoms. The highest BCUT2D eigenvalue weighted by Crippen LogP contribution is 2.26. The molecule has 1 aliphatic heterocycles. The SMILES string of the molecule is Oc1ccccc1N1CC[NH+](Cc2cccc3ccccc23)CC1. The van der Waals surface area contributed by atoms with Crippen molar-refractivity contribution in [2.24, 2.45) is 0 Å². The summed E-state index contributed by atoms with van der Waals surface area (Å²) in [7, 11) is 0. The van der Waals surface area contributed by atoms with E-state index in [0.717, 1.165) is 38.4 Å². The number of quaternary nitrogens is 1. The van der Waals surface area contributed by atoms with Gasteiger partial charge in [0.25, 0.3) is 0 Å². The van der Waals surface area contributed by atoms with Crippen LogP contribution in [0.3, 0.4) is 0 Å². The fourth-order valence-electron chi connectivity index (χ4n) is 3.69. The van der Waals surface area contributed by atoms with Gasteiger partial charge in [0.05, 0.1) is 31.9 Å². The Morgan fingerprint density at radius 3 is 2.38 bits per heavy atom. The Hall–Kier alpha value is -2.52. The molecule has 3 aromatic rings. The number of rotatable bonds is 3. The predicted octanol–water partition coefficient (Wildman–Crippen LogP) is 2.45. The number of aromatic hydroxyl groups is 1. The zero-order valence-electron chi connectivity index (χ0n) is 13.8. The van der Waals surface area contributed by atoms with Gasteiger partial charge in [-0.25, -0.2) is 0 Å². The molecule has 0 aromatic heterocycles.